The van der Waals surface area contributed by atoms with Gasteiger partial charge in [-0.2, -0.15) is 0 Å². The SMILES string of the molecule is Cc1noc(C)c1-c1ccc2nc(C(c3nnc(CC4NC(=O)NC4=O)o3)S(C)(=O)=O)sc2c1. The molecule has 0 bridgehead atoms. The number of aryl methyl sites for hydroxylation is 2. The van der Waals surface area contributed by atoms with E-state index in [2.05, 4.69) is 31.0 Å². The van der Waals surface area contributed by atoms with E-state index in [1.807, 2.05) is 26.0 Å². The lowest BCUT2D eigenvalue weighted by Crippen LogP contribution is -2.31. The first kappa shape index (κ1) is 22.2. The van der Waals surface area contributed by atoms with Gasteiger partial charge >= 0.3 is 6.03 Å². The van der Waals surface area contributed by atoms with Gasteiger partial charge in [0.2, 0.25) is 11.8 Å². The molecule has 0 saturated carbocycles. The summed E-state index contributed by atoms with van der Waals surface area (Å²) >= 11 is 1.20. The van der Waals surface area contributed by atoms with Crippen LogP contribution in [-0.2, 0) is 21.1 Å². The average Bonchev–Trinajstić information content (AvgIpc) is 3.50. The zero-order valence-electron chi connectivity index (χ0n) is 18.1. The van der Waals surface area contributed by atoms with Crippen molar-refractivity contribution in [2.24, 2.45) is 0 Å². The molecule has 2 N–H and O–H groups in total. The molecule has 1 fully saturated rings. The Morgan fingerprint density at radius 3 is 2.65 bits per heavy atom. The Morgan fingerprint density at radius 2 is 2.00 bits per heavy atom. The van der Waals surface area contributed by atoms with Gasteiger partial charge in [-0.1, -0.05) is 11.2 Å². The van der Waals surface area contributed by atoms with Gasteiger partial charge in [0, 0.05) is 11.8 Å². The molecule has 0 radical (unpaired) electrons. The van der Waals surface area contributed by atoms with Crippen LogP contribution < -0.4 is 10.6 Å². The van der Waals surface area contributed by atoms with E-state index < -0.39 is 33.1 Å². The Morgan fingerprint density at radius 1 is 1.21 bits per heavy atom. The number of nitrogens with zero attached hydrogens (tertiary/aromatic N) is 4. The molecule has 3 aromatic heterocycles. The van der Waals surface area contributed by atoms with Crippen LogP contribution in [0.2, 0.25) is 0 Å². The summed E-state index contributed by atoms with van der Waals surface area (Å²) in [6.07, 6.45) is 0.995. The van der Waals surface area contributed by atoms with Crippen LogP contribution in [0.25, 0.3) is 21.3 Å². The summed E-state index contributed by atoms with van der Waals surface area (Å²) in [6, 6.07) is 4.09. The number of fused-ring (bicyclic) bond motifs is 1. The van der Waals surface area contributed by atoms with Crippen molar-refractivity contribution in [1.29, 1.82) is 0 Å². The minimum atomic E-state index is -3.74. The first-order valence-corrected chi connectivity index (χ1v) is 12.8. The van der Waals surface area contributed by atoms with Crippen molar-refractivity contribution in [3.63, 3.8) is 0 Å². The lowest BCUT2D eigenvalue weighted by atomic mass is 10.0. The summed E-state index contributed by atoms with van der Waals surface area (Å²) in [7, 11) is -3.74. The summed E-state index contributed by atoms with van der Waals surface area (Å²) < 4.78 is 37.0. The van der Waals surface area contributed by atoms with Crippen LogP contribution in [0.1, 0.15) is 33.5 Å². The van der Waals surface area contributed by atoms with Crippen molar-refractivity contribution >= 4 is 43.3 Å². The van der Waals surface area contributed by atoms with E-state index >= 15 is 0 Å². The van der Waals surface area contributed by atoms with Crippen LogP contribution >= 0.6 is 11.3 Å². The highest BCUT2D eigenvalue weighted by Crippen LogP contribution is 2.37. The summed E-state index contributed by atoms with van der Waals surface area (Å²) in [5.74, 6) is 0.0193. The van der Waals surface area contributed by atoms with E-state index in [1.165, 1.54) is 11.3 Å². The van der Waals surface area contributed by atoms with Gasteiger partial charge in [0.1, 0.15) is 16.8 Å². The fourth-order valence-electron chi connectivity index (χ4n) is 3.81. The monoisotopic (exact) mass is 502 g/mol. The largest absolute Gasteiger partial charge is 0.423 e. The van der Waals surface area contributed by atoms with Crippen molar-refractivity contribution in [2.45, 2.75) is 31.6 Å². The fourth-order valence-corrected chi connectivity index (χ4v) is 6.34. The van der Waals surface area contributed by atoms with Crippen LogP contribution in [0, 0.1) is 13.8 Å². The number of nitrogens with one attached hydrogen (secondary N) is 2. The summed E-state index contributed by atoms with van der Waals surface area (Å²) in [5.41, 5.74) is 3.13. The Labute approximate surface area is 196 Å². The summed E-state index contributed by atoms with van der Waals surface area (Å²) in [6.45, 7) is 3.67. The maximum Gasteiger partial charge on any atom is 0.322 e. The van der Waals surface area contributed by atoms with Gasteiger partial charge < -0.3 is 14.3 Å². The molecule has 2 unspecified atom stereocenters. The molecule has 0 spiro atoms. The van der Waals surface area contributed by atoms with Gasteiger partial charge in [-0.15, -0.1) is 21.5 Å². The molecule has 176 valence electrons. The molecule has 0 aliphatic carbocycles. The molecular weight excluding hydrogens is 484 g/mol. The maximum absolute atomic E-state index is 12.7. The van der Waals surface area contributed by atoms with Crippen LogP contribution in [0.15, 0.2) is 27.1 Å². The van der Waals surface area contributed by atoms with Crippen LogP contribution in [0.4, 0.5) is 4.79 Å². The first-order chi connectivity index (χ1) is 16.1. The summed E-state index contributed by atoms with van der Waals surface area (Å²) in [5, 5.41) is 15.3. The lowest BCUT2D eigenvalue weighted by molar-refractivity contribution is -0.120. The second kappa shape index (κ2) is 7.99. The number of hydrogen-bond acceptors (Lipinski definition) is 11. The van der Waals surface area contributed by atoms with E-state index in [1.54, 1.807) is 6.07 Å². The third-order valence-corrected chi connectivity index (χ3v) is 7.84. The number of benzene rings is 1. The van der Waals surface area contributed by atoms with Gasteiger partial charge in [-0.25, -0.2) is 18.2 Å². The normalized spacial score (nSPS) is 17.2. The minimum Gasteiger partial charge on any atom is -0.423 e. The highest BCUT2D eigenvalue weighted by Gasteiger charge is 2.36. The zero-order valence-corrected chi connectivity index (χ0v) is 19.8. The molecule has 4 aromatic rings. The number of hydrogen-bond donors (Lipinski definition) is 2. The number of imide groups is 1. The predicted molar refractivity (Wildman–Crippen MR) is 120 cm³/mol. The Kier molecular flexibility index (Phi) is 5.20. The Bertz CT molecular complexity index is 1530. The highest BCUT2D eigenvalue weighted by atomic mass is 32.2. The van der Waals surface area contributed by atoms with Crippen molar-refractivity contribution in [2.75, 3.05) is 6.26 Å². The average molecular weight is 503 g/mol. The van der Waals surface area contributed by atoms with E-state index in [4.69, 9.17) is 8.94 Å². The lowest BCUT2D eigenvalue weighted by Gasteiger charge is -2.07. The molecule has 2 atom stereocenters. The molecule has 3 amide bonds. The quantitative estimate of drug-likeness (QED) is 0.371. The van der Waals surface area contributed by atoms with Gasteiger partial charge in [0.15, 0.2) is 15.1 Å². The number of carbonyl (C=O) groups excluding carboxylic acids is 2. The van der Waals surface area contributed by atoms with Gasteiger partial charge in [0.25, 0.3) is 5.91 Å². The third-order valence-electron chi connectivity index (χ3n) is 5.32. The van der Waals surface area contributed by atoms with Crippen molar-refractivity contribution in [3.8, 4) is 11.1 Å². The maximum atomic E-state index is 12.7. The Hall–Kier alpha value is -3.65. The zero-order chi connectivity index (χ0) is 24.2. The molecule has 4 heterocycles. The molecule has 1 aromatic carbocycles. The van der Waals surface area contributed by atoms with Gasteiger partial charge in [0.05, 0.1) is 22.3 Å². The van der Waals surface area contributed by atoms with Crippen LogP contribution in [-0.4, -0.2) is 53.0 Å². The number of carbonyl (C=O) groups is 2. The van der Waals surface area contributed by atoms with E-state index in [9.17, 15) is 18.0 Å². The number of amides is 3. The number of thiazole rings is 1. The van der Waals surface area contributed by atoms with E-state index in [-0.39, 0.29) is 23.2 Å². The van der Waals surface area contributed by atoms with Gasteiger partial charge in [-0.05, 0) is 31.5 Å². The third kappa shape index (κ3) is 3.94. The number of urea groups is 1. The van der Waals surface area contributed by atoms with Crippen molar-refractivity contribution < 1.29 is 26.9 Å². The second-order valence-corrected chi connectivity index (χ2v) is 11.1. The van der Waals surface area contributed by atoms with Crippen LogP contribution in [0.3, 0.4) is 0 Å². The molecule has 1 saturated heterocycles. The molecule has 14 heteroatoms. The first-order valence-electron chi connectivity index (χ1n) is 10.1. The molecule has 12 nitrogen and oxygen atoms in total. The van der Waals surface area contributed by atoms with Crippen molar-refractivity contribution in [1.82, 2.24) is 31.0 Å². The molecule has 1 aliphatic heterocycles. The molecular formula is C20H18N6O6S2. The van der Waals surface area contributed by atoms with E-state index in [0.717, 1.165) is 27.8 Å². The standard InChI is InChI=1S/C20H18N6O6S2/c1-8-15(9(2)32-26-8)10-4-5-11-13(6-10)33-19(21-11)16(34(3,29)30)18-25-24-14(31-18)7-12-17(27)23-20(28)22-12/h4-6,12,16H,7H2,1-3H3,(H2,22,23,27,28). The molecule has 5 rings (SSSR count). The van der Waals surface area contributed by atoms with Crippen LogP contribution in [0.5, 0.6) is 0 Å². The summed E-state index contributed by atoms with van der Waals surface area (Å²) in [4.78, 5) is 27.6. The number of sulfone groups is 1. The highest BCUT2D eigenvalue weighted by molar-refractivity contribution is 7.91. The minimum absolute atomic E-state index is 0.0211. The predicted octanol–water partition coefficient (Wildman–Crippen LogP) is 1.84. The molecule has 1 aliphatic rings. The fraction of sp³-hybridized carbons (Fsp3) is 0.300. The second-order valence-electron chi connectivity index (χ2n) is 7.90. The number of rotatable bonds is 6. The molecule has 34 heavy (non-hydrogen) atoms. The topological polar surface area (TPSA) is 170 Å². The van der Waals surface area contributed by atoms with Crippen molar-refractivity contribution in [3.05, 3.63) is 46.4 Å². The Balaban J connectivity index is 1.50. The van der Waals surface area contributed by atoms with Gasteiger partial charge in [-0.3, -0.25) is 10.1 Å². The number of aromatic nitrogens is 4. The smallest absolute Gasteiger partial charge is 0.322 e. The van der Waals surface area contributed by atoms with E-state index in [0.29, 0.717) is 11.3 Å².